The molecule has 0 fully saturated rings. The molecular weight excluding hydrogens is 370 g/mol. The highest BCUT2D eigenvalue weighted by Gasteiger charge is 2.37. The van der Waals surface area contributed by atoms with E-state index in [-0.39, 0.29) is 17.2 Å². The van der Waals surface area contributed by atoms with Crippen LogP contribution in [-0.2, 0) is 11.2 Å². The first kappa shape index (κ1) is 18.6. The van der Waals surface area contributed by atoms with Gasteiger partial charge in [0.1, 0.15) is 5.25 Å². The molecule has 1 aliphatic heterocycles. The molecule has 144 valence electrons. The maximum absolute atomic E-state index is 13.2. The van der Waals surface area contributed by atoms with Crippen molar-refractivity contribution in [2.24, 2.45) is 0 Å². The van der Waals surface area contributed by atoms with Crippen molar-refractivity contribution in [3.8, 4) is 0 Å². The second kappa shape index (κ2) is 7.67. The van der Waals surface area contributed by atoms with Gasteiger partial charge in [0.25, 0.3) is 0 Å². The number of carbonyl (C=O) groups is 1. The number of aromatic nitrogens is 3. The smallest absolute Gasteiger partial charge is 0.240 e. The van der Waals surface area contributed by atoms with Crippen molar-refractivity contribution >= 4 is 23.4 Å². The van der Waals surface area contributed by atoms with Crippen LogP contribution in [0.25, 0.3) is 0 Å². The Morgan fingerprint density at radius 1 is 1.14 bits per heavy atom. The number of hydrogen-bond acceptors (Lipinski definition) is 5. The van der Waals surface area contributed by atoms with Gasteiger partial charge in [-0.05, 0) is 42.7 Å². The number of nitrogens with one attached hydrogen (secondary N) is 2. The van der Waals surface area contributed by atoms with E-state index in [1.54, 1.807) is 0 Å². The molecule has 0 aliphatic carbocycles. The molecule has 7 heteroatoms. The van der Waals surface area contributed by atoms with Gasteiger partial charge in [-0.15, -0.1) is 10.2 Å². The molecule has 1 amide bonds. The van der Waals surface area contributed by atoms with E-state index >= 15 is 0 Å². The van der Waals surface area contributed by atoms with Gasteiger partial charge < -0.3 is 10.7 Å². The van der Waals surface area contributed by atoms with Gasteiger partial charge in [-0.3, -0.25) is 4.79 Å². The average Bonchev–Trinajstić information content (AvgIpc) is 3.12. The number of rotatable bonds is 4. The highest BCUT2D eigenvalue weighted by molar-refractivity contribution is 8.00. The van der Waals surface area contributed by atoms with Gasteiger partial charge in [0.2, 0.25) is 11.1 Å². The van der Waals surface area contributed by atoms with Gasteiger partial charge in [-0.1, -0.05) is 55.1 Å². The number of nitrogens with zero attached hydrogens (tertiary/aromatic N) is 3. The van der Waals surface area contributed by atoms with E-state index in [1.807, 2.05) is 67.1 Å². The number of hydrogen-bond donors (Lipinski definition) is 2. The van der Waals surface area contributed by atoms with Gasteiger partial charge in [-0.25, -0.2) is 4.68 Å². The number of fused-ring (bicyclic) bond motifs is 1. The van der Waals surface area contributed by atoms with Crippen molar-refractivity contribution in [3.05, 3.63) is 71.0 Å². The van der Waals surface area contributed by atoms with Crippen LogP contribution < -0.4 is 10.7 Å². The van der Waals surface area contributed by atoms with E-state index in [1.165, 1.54) is 17.3 Å². The molecule has 0 radical (unpaired) electrons. The maximum Gasteiger partial charge on any atom is 0.240 e. The minimum atomic E-state index is -0.370. The normalized spacial score (nSPS) is 18.2. The minimum absolute atomic E-state index is 0.0538. The van der Waals surface area contributed by atoms with Gasteiger partial charge in [0.15, 0.2) is 5.82 Å². The number of anilines is 1. The number of carbonyl (C=O) groups excluding carboxylic acids is 1. The van der Waals surface area contributed by atoms with Crippen LogP contribution in [0.2, 0.25) is 0 Å². The van der Waals surface area contributed by atoms with Crippen molar-refractivity contribution in [1.29, 1.82) is 0 Å². The lowest BCUT2D eigenvalue weighted by atomic mass is 10.0. The Labute approximate surface area is 168 Å². The molecular formula is C21H23N5OS. The minimum Gasteiger partial charge on any atom is -0.325 e. The summed E-state index contributed by atoms with van der Waals surface area (Å²) in [6, 6.07) is 15.8. The van der Waals surface area contributed by atoms with Gasteiger partial charge in [0, 0.05) is 12.1 Å². The summed E-state index contributed by atoms with van der Waals surface area (Å²) in [6.45, 7) is 6.15. The van der Waals surface area contributed by atoms with Crippen molar-refractivity contribution < 1.29 is 4.79 Å². The Balaban J connectivity index is 1.65. The standard InChI is InChI=1S/C21H23N5OS/c1-4-17-23-24-21-26(17)25-18(15-8-6-5-7-9-15)19(28-21)20(27)22-16-11-10-13(2)14(3)12-16/h5-12,18-19,25H,4H2,1-3H3,(H,22,27). The maximum atomic E-state index is 13.2. The van der Waals surface area contributed by atoms with Crippen LogP contribution in [0, 0.1) is 13.8 Å². The van der Waals surface area contributed by atoms with Crippen LogP contribution in [0.15, 0.2) is 53.7 Å². The van der Waals surface area contributed by atoms with Crippen molar-refractivity contribution in [3.63, 3.8) is 0 Å². The fourth-order valence-corrected chi connectivity index (χ4v) is 4.37. The van der Waals surface area contributed by atoms with E-state index in [0.29, 0.717) is 5.16 Å². The number of thioether (sulfide) groups is 1. The summed E-state index contributed by atoms with van der Waals surface area (Å²) in [6.07, 6.45) is 0.765. The lowest BCUT2D eigenvalue weighted by Crippen LogP contribution is -2.41. The van der Waals surface area contributed by atoms with Crippen molar-refractivity contribution in [2.75, 3.05) is 10.7 Å². The first-order valence-corrected chi connectivity index (χ1v) is 10.3. The molecule has 1 aliphatic rings. The second-order valence-corrected chi connectivity index (χ2v) is 8.04. The third kappa shape index (κ3) is 3.49. The Hall–Kier alpha value is -2.80. The van der Waals surface area contributed by atoms with E-state index in [9.17, 15) is 4.79 Å². The summed E-state index contributed by atoms with van der Waals surface area (Å²) in [5, 5.41) is 11.9. The van der Waals surface area contributed by atoms with E-state index in [0.717, 1.165) is 29.1 Å². The Bertz CT molecular complexity index is 1000. The van der Waals surface area contributed by atoms with Crippen LogP contribution in [0.5, 0.6) is 0 Å². The highest BCUT2D eigenvalue weighted by Crippen LogP contribution is 2.37. The third-order valence-corrected chi connectivity index (χ3v) is 6.23. The van der Waals surface area contributed by atoms with Crippen LogP contribution in [0.4, 0.5) is 5.69 Å². The molecule has 0 saturated heterocycles. The topological polar surface area (TPSA) is 71.8 Å². The zero-order chi connectivity index (χ0) is 19.7. The summed E-state index contributed by atoms with van der Waals surface area (Å²) in [7, 11) is 0. The zero-order valence-electron chi connectivity index (χ0n) is 16.1. The fourth-order valence-electron chi connectivity index (χ4n) is 3.27. The average molecular weight is 394 g/mol. The van der Waals surface area contributed by atoms with Crippen LogP contribution in [0.3, 0.4) is 0 Å². The van der Waals surface area contributed by atoms with Gasteiger partial charge in [0.05, 0.1) is 6.04 Å². The van der Waals surface area contributed by atoms with Crippen LogP contribution >= 0.6 is 11.8 Å². The molecule has 2 heterocycles. The van der Waals surface area contributed by atoms with E-state index in [4.69, 9.17) is 0 Å². The van der Waals surface area contributed by atoms with E-state index < -0.39 is 0 Å². The monoisotopic (exact) mass is 393 g/mol. The molecule has 2 atom stereocenters. The van der Waals surface area contributed by atoms with Crippen molar-refractivity contribution in [2.45, 2.75) is 43.6 Å². The summed E-state index contributed by atoms with van der Waals surface area (Å²) >= 11 is 1.45. The molecule has 6 nitrogen and oxygen atoms in total. The molecule has 2 N–H and O–H groups in total. The molecule has 28 heavy (non-hydrogen) atoms. The fraction of sp³-hybridized carbons (Fsp3) is 0.286. The lowest BCUT2D eigenvalue weighted by molar-refractivity contribution is -0.116. The number of aryl methyl sites for hydroxylation is 3. The summed E-state index contributed by atoms with van der Waals surface area (Å²) in [4.78, 5) is 13.2. The van der Waals surface area contributed by atoms with Crippen LogP contribution in [0.1, 0.15) is 35.5 Å². The zero-order valence-corrected chi connectivity index (χ0v) is 17.0. The predicted molar refractivity (Wildman–Crippen MR) is 112 cm³/mol. The Morgan fingerprint density at radius 3 is 2.64 bits per heavy atom. The molecule has 0 saturated carbocycles. The van der Waals surface area contributed by atoms with Crippen LogP contribution in [-0.4, -0.2) is 26.0 Å². The summed E-state index contributed by atoms with van der Waals surface area (Å²) in [5.74, 6) is 0.804. The van der Waals surface area contributed by atoms with Gasteiger partial charge in [-0.2, -0.15) is 0 Å². The lowest BCUT2D eigenvalue weighted by Gasteiger charge is -2.33. The first-order valence-electron chi connectivity index (χ1n) is 9.37. The Morgan fingerprint density at radius 2 is 1.93 bits per heavy atom. The van der Waals surface area contributed by atoms with Crippen molar-refractivity contribution in [1.82, 2.24) is 14.9 Å². The molecule has 3 aromatic rings. The molecule has 0 spiro atoms. The first-order chi connectivity index (χ1) is 13.6. The van der Waals surface area contributed by atoms with Gasteiger partial charge >= 0.3 is 0 Å². The molecule has 1 aromatic heterocycles. The predicted octanol–water partition coefficient (Wildman–Crippen LogP) is 3.86. The molecule has 0 bridgehead atoms. The molecule has 2 aromatic carbocycles. The SMILES string of the molecule is CCc1nnc2n1NC(c1ccccc1)C(C(=O)Nc1ccc(C)c(C)c1)S2. The summed E-state index contributed by atoms with van der Waals surface area (Å²) in [5.41, 5.74) is 7.67. The molecule has 4 rings (SSSR count). The second-order valence-electron chi connectivity index (χ2n) is 6.93. The largest absolute Gasteiger partial charge is 0.325 e. The third-order valence-electron chi connectivity index (χ3n) is 5.01. The summed E-state index contributed by atoms with van der Waals surface area (Å²) < 4.78 is 1.90. The Kier molecular flexibility index (Phi) is 5.09. The number of amides is 1. The van der Waals surface area contributed by atoms with E-state index in [2.05, 4.69) is 27.9 Å². The number of benzene rings is 2. The highest BCUT2D eigenvalue weighted by atomic mass is 32.2. The quantitative estimate of drug-likeness (QED) is 0.704. The molecule has 2 unspecified atom stereocenters.